The number of amidine groups is 1. The number of nitrogens with two attached hydrogens (primary N) is 1. The van der Waals surface area contributed by atoms with Gasteiger partial charge in [0, 0.05) is 5.75 Å². The van der Waals surface area contributed by atoms with Gasteiger partial charge in [-0.15, -0.1) is 5.10 Å². The second-order valence-electron chi connectivity index (χ2n) is 6.17. The molecular formula is C23H23N3O2S. The lowest BCUT2D eigenvalue weighted by Crippen LogP contribution is -2.05. The molecule has 0 aromatic heterocycles. The van der Waals surface area contributed by atoms with Crippen LogP contribution in [0.1, 0.15) is 16.7 Å². The van der Waals surface area contributed by atoms with Crippen molar-refractivity contribution in [3.63, 3.8) is 0 Å². The molecule has 5 nitrogen and oxygen atoms in total. The molecule has 3 rings (SSSR count). The Labute approximate surface area is 175 Å². The summed E-state index contributed by atoms with van der Waals surface area (Å²) in [6.45, 7) is 0.476. The van der Waals surface area contributed by atoms with Crippen LogP contribution in [0.5, 0.6) is 11.5 Å². The molecule has 0 saturated heterocycles. The van der Waals surface area contributed by atoms with Gasteiger partial charge in [-0.3, -0.25) is 0 Å². The van der Waals surface area contributed by atoms with Crippen molar-refractivity contribution in [2.45, 2.75) is 12.4 Å². The maximum absolute atomic E-state index is 5.90. The first-order chi connectivity index (χ1) is 14.2. The number of thioether (sulfide) groups is 1. The summed E-state index contributed by atoms with van der Waals surface area (Å²) in [5, 5.41) is 8.53. The van der Waals surface area contributed by atoms with Crippen LogP contribution in [-0.2, 0) is 12.4 Å². The third-order valence-electron chi connectivity index (χ3n) is 4.01. The Morgan fingerprint density at radius 1 is 0.931 bits per heavy atom. The summed E-state index contributed by atoms with van der Waals surface area (Å²) >= 11 is 1.46. The Morgan fingerprint density at radius 2 is 1.69 bits per heavy atom. The van der Waals surface area contributed by atoms with Crippen molar-refractivity contribution in [1.82, 2.24) is 0 Å². The largest absolute Gasteiger partial charge is 0.497 e. The van der Waals surface area contributed by atoms with Crippen molar-refractivity contribution in [3.8, 4) is 11.5 Å². The Kier molecular flexibility index (Phi) is 7.72. The van der Waals surface area contributed by atoms with Crippen LogP contribution in [0.25, 0.3) is 0 Å². The average Bonchev–Trinajstić information content (AvgIpc) is 2.78. The van der Waals surface area contributed by atoms with Crippen LogP contribution >= 0.6 is 11.8 Å². The van der Waals surface area contributed by atoms with E-state index in [-0.39, 0.29) is 0 Å². The maximum Gasteiger partial charge on any atom is 0.180 e. The SMILES string of the molecule is COc1cccc(COc2ccc(C=NN=C(N)SCc3ccccc3)cc2)c1. The number of ether oxygens (including phenoxy) is 2. The van der Waals surface area contributed by atoms with Crippen LogP contribution in [0.2, 0.25) is 0 Å². The molecule has 0 atom stereocenters. The average molecular weight is 406 g/mol. The van der Waals surface area contributed by atoms with Crippen molar-refractivity contribution in [1.29, 1.82) is 0 Å². The summed E-state index contributed by atoms with van der Waals surface area (Å²) in [6.07, 6.45) is 1.67. The highest BCUT2D eigenvalue weighted by atomic mass is 32.2. The van der Waals surface area contributed by atoms with Gasteiger partial charge in [-0.2, -0.15) is 5.10 Å². The van der Waals surface area contributed by atoms with Crippen LogP contribution in [0.15, 0.2) is 89.1 Å². The van der Waals surface area contributed by atoms with Gasteiger partial charge in [-0.1, -0.05) is 54.2 Å². The summed E-state index contributed by atoms with van der Waals surface area (Å²) in [7, 11) is 1.65. The van der Waals surface area contributed by atoms with E-state index in [1.54, 1.807) is 13.3 Å². The molecule has 3 aromatic rings. The van der Waals surface area contributed by atoms with Gasteiger partial charge in [0.1, 0.15) is 18.1 Å². The standard InChI is InChI=1S/C23H23N3O2S/c1-27-22-9-5-8-20(14-22)16-28-21-12-10-18(11-13-21)15-25-26-23(24)29-17-19-6-3-2-4-7-19/h2-15H,16-17H2,1H3,(H2,24,26). The lowest BCUT2D eigenvalue weighted by atomic mass is 10.2. The van der Waals surface area contributed by atoms with Crippen LogP contribution in [0.3, 0.4) is 0 Å². The molecule has 148 valence electrons. The molecule has 2 N–H and O–H groups in total. The minimum atomic E-state index is 0.434. The highest BCUT2D eigenvalue weighted by molar-refractivity contribution is 8.13. The Hall–Kier alpha value is -3.25. The van der Waals surface area contributed by atoms with E-state index in [0.717, 1.165) is 28.4 Å². The van der Waals surface area contributed by atoms with Gasteiger partial charge in [-0.25, -0.2) is 0 Å². The fourth-order valence-electron chi connectivity index (χ4n) is 2.49. The quantitative estimate of drug-likeness (QED) is 0.330. The van der Waals surface area contributed by atoms with Gasteiger partial charge >= 0.3 is 0 Å². The number of hydrogen-bond donors (Lipinski definition) is 1. The first kappa shape index (κ1) is 20.5. The van der Waals surface area contributed by atoms with Crippen LogP contribution in [0.4, 0.5) is 0 Å². The lowest BCUT2D eigenvalue weighted by molar-refractivity contribution is 0.305. The van der Waals surface area contributed by atoms with E-state index in [1.165, 1.54) is 17.3 Å². The monoisotopic (exact) mass is 405 g/mol. The maximum atomic E-state index is 5.90. The number of methoxy groups -OCH3 is 1. The van der Waals surface area contributed by atoms with Crippen molar-refractivity contribution in [2.24, 2.45) is 15.9 Å². The van der Waals surface area contributed by atoms with Gasteiger partial charge in [-0.05, 0) is 53.1 Å². The van der Waals surface area contributed by atoms with E-state index in [1.807, 2.05) is 66.7 Å². The van der Waals surface area contributed by atoms with Gasteiger partial charge in [0.15, 0.2) is 5.17 Å². The normalized spacial score (nSPS) is 11.6. The van der Waals surface area contributed by atoms with Crippen LogP contribution in [-0.4, -0.2) is 18.5 Å². The molecule has 0 aliphatic rings. The minimum absolute atomic E-state index is 0.434. The molecule has 0 amide bonds. The van der Waals surface area contributed by atoms with Crippen LogP contribution < -0.4 is 15.2 Å². The van der Waals surface area contributed by atoms with E-state index in [2.05, 4.69) is 22.3 Å². The van der Waals surface area contributed by atoms with E-state index in [0.29, 0.717) is 11.8 Å². The van der Waals surface area contributed by atoms with Crippen molar-refractivity contribution >= 4 is 23.1 Å². The summed E-state index contributed by atoms with van der Waals surface area (Å²) in [4.78, 5) is 0. The summed E-state index contributed by atoms with van der Waals surface area (Å²) in [5.41, 5.74) is 9.06. The molecule has 0 aliphatic heterocycles. The molecule has 6 heteroatoms. The van der Waals surface area contributed by atoms with E-state index in [9.17, 15) is 0 Å². The number of nitrogens with zero attached hydrogens (tertiary/aromatic N) is 2. The number of rotatable bonds is 8. The first-order valence-corrected chi connectivity index (χ1v) is 10.1. The summed E-state index contributed by atoms with van der Waals surface area (Å²) in [6, 6.07) is 25.6. The molecule has 3 aromatic carbocycles. The second kappa shape index (κ2) is 10.9. The second-order valence-corrected chi connectivity index (χ2v) is 7.16. The Morgan fingerprint density at radius 3 is 2.45 bits per heavy atom. The van der Waals surface area contributed by atoms with E-state index >= 15 is 0 Å². The zero-order chi connectivity index (χ0) is 20.3. The first-order valence-electron chi connectivity index (χ1n) is 9.12. The number of hydrogen-bond acceptors (Lipinski definition) is 5. The molecule has 0 fully saturated rings. The molecular weight excluding hydrogens is 382 g/mol. The molecule has 0 saturated carbocycles. The lowest BCUT2D eigenvalue weighted by Gasteiger charge is -2.07. The Bertz CT molecular complexity index is 957. The smallest absolute Gasteiger partial charge is 0.180 e. The number of benzene rings is 3. The van der Waals surface area contributed by atoms with Gasteiger partial charge in [0.05, 0.1) is 13.3 Å². The van der Waals surface area contributed by atoms with Crippen molar-refractivity contribution in [3.05, 3.63) is 95.6 Å². The topological polar surface area (TPSA) is 69.2 Å². The molecule has 0 bridgehead atoms. The molecule has 0 unspecified atom stereocenters. The predicted molar refractivity (Wildman–Crippen MR) is 121 cm³/mol. The molecule has 0 radical (unpaired) electrons. The predicted octanol–water partition coefficient (Wildman–Crippen LogP) is 4.86. The van der Waals surface area contributed by atoms with Crippen molar-refractivity contribution < 1.29 is 9.47 Å². The van der Waals surface area contributed by atoms with E-state index in [4.69, 9.17) is 15.2 Å². The van der Waals surface area contributed by atoms with E-state index < -0.39 is 0 Å². The third-order valence-corrected chi connectivity index (χ3v) is 4.87. The van der Waals surface area contributed by atoms with Crippen LogP contribution in [0, 0.1) is 0 Å². The Balaban J connectivity index is 1.47. The zero-order valence-corrected chi connectivity index (χ0v) is 17.0. The summed E-state index contributed by atoms with van der Waals surface area (Å²) in [5.74, 6) is 2.37. The molecule has 0 spiro atoms. The van der Waals surface area contributed by atoms with Gasteiger partial charge < -0.3 is 15.2 Å². The fourth-order valence-corrected chi connectivity index (χ4v) is 3.10. The third kappa shape index (κ3) is 7.01. The van der Waals surface area contributed by atoms with Crippen molar-refractivity contribution in [2.75, 3.05) is 7.11 Å². The molecule has 0 aliphatic carbocycles. The highest BCUT2D eigenvalue weighted by Gasteiger charge is 1.99. The molecule has 29 heavy (non-hydrogen) atoms. The highest BCUT2D eigenvalue weighted by Crippen LogP contribution is 2.17. The van der Waals surface area contributed by atoms with Gasteiger partial charge in [0.25, 0.3) is 0 Å². The fraction of sp³-hybridized carbons (Fsp3) is 0.130. The molecule has 0 heterocycles. The minimum Gasteiger partial charge on any atom is -0.497 e. The summed E-state index contributed by atoms with van der Waals surface area (Å²) < 4.78 is 11.0. The zero-order valence-electron chi connectivity index (χ0n) is 16.2. The van der Waals surface area contributed by atoms with Gasteiger partial charge in [0.2, 0.25) is 0 Å².